The topological polar surface area (TPSA) is 92.8 Å². The smallest absolute Gasteiger partial charge is 0.341 e. The number of carbonyl (C=O) groups is 2. The Morgan fingerprint density at radius 3 is 2.62 bits per heavy atom. The monoisotopic (exact) mass is 524 g/mol. The van der Waals surface area contributed by atoms with Gasteiger partial charge in [0, 0.05) is 23.0 Å². The minimum Gasteiger partial charge on any atom is -0.462 e. The molecule has 0 radical (unpaired) electrons. The minimum atomic E-state index is -3.73. The van der Waals surface area contributed by atoms with Gasteiger partial charge >= 0.3 is 5.97 Å². The number of benzene rings is 1. The van der Waals surface area contributed by atoms with Crippen molar-refractivity contribution in [2.75, 3.05) is 25.0 Å². The number of rotatable bonds is 6. The fraction of sp³-hybridized carbons (Fsp3) is 0.500. The molecule has 1 saturated heterocycles. The summed E-state index contributed by atoms with van der Waals surface area (Å²) in [6, 6.07) is 6.04. The van der Waals surface area contributed by atoms with E-state index in [-0.39, 0.29) is 24.0 Å². The molecule has 2 aliphatic rings. The molecule has 1 amide bonds. The van der Waals surface area contributed by atoms with E-state index in [4.69, 9.17) is 16.3 Å². The standard InChI is InChI=1S/C24H29ClN2O5S2/c1-2-32-24(29)21-19-8-4-3-5-9-20(19)33-23(21)26-22(28)16-7-6-14-27(15-16)34(30,31)18-12-10-17(25)11-13-18/h10-13,16H,2-9,14-15H2,1H3,(H,26,28). The summed E-state index contributed by atoms with van der Waals surface area (Å²) in [6.07, 6.45) is 6.03. The molecule has 7 nitrogen and oxygen atoms in total. The van der Waals surface area contributed by atoms with Crippen molar-refractivity contribution >= 4 is 49.8 Å². The van der Waals surface area contributed by atoms with Crippen molar-refractivity contribution in [2.45, 2.75) is 56.8 Å². The number of thiophene rings is 1. The van der Waals surface area contributed by atoms with Crippen LogP contribution < -0.4 is 5.32 Å². The van der Waals surface area contributed by atoms with Crippen LogP contribution in [0.4, 0.5) is 5.00 Å². The van der Waals surface area contributed by atoms with Gasteiger partial charge in [-0.25, -0.2) is 13.2 Å². The Morgan fingerprint density at radius 1 is 1.15 bits per heavy atom. The van der Waals surface area contributed by atoms with E-state index in [9.17, 15) is 18.0 Å². The van der Waals surface area contributed by atoms with Crippen molar-refractivity contribution in [3.8, 4) is 0 Å². The first-order chi connectivity index (χ1) is 16.3. The molecule has 1 aromatic carbocycles. The van der Waals surface area contributed by atoms with Gasteiger partial charge in [-0.05, 0) is 75.3 Å². The number of piperidine rings is 1. The summed E-state index contributed by atoms with van der Waals surface area (Å²) < 4.78 is 32.9. The number of aryl methyl sites for hydroxylation is 1. The predicted octanol–water partition coefficient (Wildman–Crippen LogP) is 4.89. The number of ether oxygens (including phenoxy) is 1. The van der Waals surface area contributed by atoms with Gasteiger partial charge in [-0.3, -0.25) is 4.79 Å². The molecule has 1 aliphatic carbocycles. The van der Waals surface area contributed by atoms with Crippen LogP contribution in [0, 0.1) is 5.92 Å². The zero-order valence-corrected chi connectivity index (χ0v) is 21.5. The molecule has 1 atom stereocenters. The Labute approximate surface area is 209 Å². The predicted molar refractivity (Wildman–Crippen MR) is 133 cm³/mol. The number of esters is 1. The fourth-order valence-corrected chi connectivity index (χ4v) is 7.52. The molecular weight excluding hydrogens is 496 g/mol. The van der Waals surface area contributed by atoms with Crippen LogP contribution in [0.25, 0.3) is 0 Å². The summed E-state index contributed by atoms with van der Waals surface area (Å²) in [5.41, 5.74) is 1.46. The molecule has 184 valence electrons. The maximum atomic E-state index is 13.2. The average Bonchev–Trinajstić information content (AvgIpc) is 2.99. The number of nitrogens with zero attached hydrogens (tertiary/aromatic N) is 1. The highest BCUT2D eigenvalue weighted by Crippen LogP contribution is 2.38. The second kappa shape index (κ2) is 10.8. The molecule has 34 heavy (non-hydrogen) atoms. The molecule has 0 saturated carbocycles. The lowest BCUT2D eigenvalue weighted by Crippen LogP contribution is -2.43. The number of nitrogens with one attached hydrogen (secondary N) is 1. The van der Waals surface area contributed by atoms with Crippen molar-refractivity contribution in [1.29, 1.82) is 0 Å². The third-order valence-corrected chi connectivity index (χ3v) is 9.68. The molecule has 1 aromatic heterocycles. The molecule has 1 unspecified atom stereocenters. The summed E-state index contributed by atoms with van der Waals surface area (Å²) in [5, 5.41) is 3.94. The molecule has 1 fully saturated rings. The first-order valence-corrected chi connectivity index (χ1v) is 14.3. The Kier molecular flexibility index (Phi) is 7.97. The van der Waals surface area contributed by atoms with E-state index in [2.05, 4.69) is 5.32 Å². The van der Waals surface area contributed by atoms with Gasteiger partial charge in [0.25, 0.3) is 0 Å². The molecule has 1 N–H and O–H groups in total. The normalized spacial score (nSPS) is 19.2. The average molecular weight is 525 g/mol. The highest BCUT2D eigenvalue weighted by Gasteiger charge is 2.34. The van der Waals surface area contributed by atoms with Gasteiger partial charge in [0.1, 0.15) is 5.00 Å². The van der Waals surface area contributed by atoms with E-state index in [0.29, 0.717) is 35.0 Å². The summed E-state index contributed by atoms with van der Waals surface area (Å²) in [5.74, 6) is -1.18. The van der Waals surface area contributed by atoms with Gasteiger partial charge < -0.3 is 10.1 Å². The highest BCUT2D eigenvalue weighted by atomic mass is 35.5. The first-order valence-electron chi connectivity index (χ1n) is 11.7. The number of hydrogen-bond acceptors (Lipinski definition) is 6. The lowest BCUT2D eigenvalue weighted by atomic mass is 9.98. The van der Waals surface area contributed by atoms with Gasteiger partial charge in [-0.2, -0.15) is 4.31 Å². The van der Waals surface area contributed by atoms with Gasteiger partial charge in [0.05, 0.1) is 23.0 Å². The van der Waals surface area contributed by atoms with Crippen LogP contribution in [0.15, 0.2) is 29.2 Å². The third-order valence-electron chi connectivity index (χ3n) is 6.34. The summed E-state index contributed by atoms with van der Waals surface area (Å²) in [4.78, 5) is 27.3. The SMILES string of the molecule is CCOC(=O)c1c(NC(=O)C2CCCN(S(=O)(=O)c3ccc(Cl)cc3)C2)sc2c1CCCCC2. The summed E-state index contributed by atoms with van der Waals surface area (Å²) in [6.45, 7) is 2.47. The minimum absolute atomic E-state index is 0.0939. The van der Waals surface area contributed by atoms with Crippen LogP contribution in [0.2, 0.25) is 5.02 Å². The summed E-state index contributed by atoms with van der Waals surface area (Å²) >= 11 is 7.35. The lowest BCUT2D eigenvalue weighted by molar-refractivity contribution is -0.120. The van der Waals surface area contributed by atoms with Crippen LogP contribution >= 0.6 is 22.9 Å². The Bertz CT molecular complexity index is 1160. The zero-order valence-electron chi connectivity index (χ0n) is 19.1. The Morgan fingerprint density at radius 2 is 1.88 bits per heavy atom. The molecular formula is C24H29ClN2O5S2. The second-order valence-corrected chi connectivity index (χ2v) is 12.1. The zero-order chi connectivity index (χ0) is 24.3. The van der Waals surface area contributed by atoms with E-state index in [0.717, 1.165) is 42.5 Å². The Hall–Kier alpha value is -1.94. The molecule has 2 heterocycles. The molecule has 1 aliphatic heterocycles. The van der Waals surface area contributed by atoms with E-state index < -0.39 is 21.9 Å². The van der Waals surface area contributed by atoms with Gasteiger partial charge in [-0.15, -0.1) is 11.3 Å². The van der Waals surface area contributed by atoms with Gasteiger partial charge in [0.15, 0.2) is 0 Å². The number of carbonyl (C=O) groups excluding carboxylic acids is 2. The Balaban J connectivity index is 1.53. The van der Waals surface area contributed by atoms with E-state index in [1.807, 2.05) is 0 Å². The first kappa shape index (κ1) is 25.2. The van der Waals surface area contributed by atoms with Crippen molar-refractivity contribution < 1.29 is 22.7 Å². The van der Waals surface area contributed by atoms with Crippen LogP contribution in [-0.4, -0.2) is 44.3 Å². The maximum Gasteiger partial charge on any atom is 0.341 e. The quantitative estimate of drug-likeness (QED) is 0.429. The number of hydrogen-bond donors (Lipinski definition) is 1. The maximum absolute atomic E-state index is 13.2. The van der Waals surface area contributed by atoms with Crippen molar-refractivity contribution in [1.82, 2.24) is 4.31 Å². The van der Waals surface area contributed by atoms with Crippen molar-refractivity contribution in [2.24, 2.45) is 5.92 Å². The van der Waals surface area contributed by atoms with Gasteiger partial charge in [-0.1, -0.05) is 18.0 Å². The molecule has 4 rings (SSSR count). The number of fused-ring (bicyclic) bond motifs is 1. The number of anilines is 1. The van der Waals surface area contributed by atoms with Crippen LogP contribution in [0.1, 0.15) is 59.8 Å². The van der Waals surface area contributed by atoms with Crippen LogP contribution in [0.3, 0.4) is 0 Å². The van der Waals surface area contributed by atoms with Gasteiger partial charge in [0.2, 0.25) is 15.9 Å². The number of halogens is 1. The largest absolute Gasteiger partial charge is 0.462 e. The van der Waals surface area contributed by atoms with Crippen LogP contribution in [-0.2, 0) is 32.4 Å². The number of amides is 1. The summed E-state index contributed by atoms with van der Waals surface area (Å²) in [7, 11) is -3.73. The van der Waals surface area contributed by atoms with E-state index in [1.54, 1.807) is 19.1 Å². The van der Waals surface area contributed by atoms with E-state index >= 15 is 0 Å². The lowest BCUT2D eigenvalue weighted by Gasteiger charge is -2.31. The molecule has 0 spiro atoms. The fourth-order valence-electron chi connectivity index (χ4n) is 4.59. The second-order valence-electron chi connectivity index (χ2n) is 8.63. The highest BCUT2D eigenvalue weighted by molar-refractivity contribution is 7.89. The van der Waals surface area contributed by atoms with Crippen LogP contribution in [0.5, 0.6) is 0 Å². The molecule has 2 aromatic rings. The van der Waals surface area contributed by atoms with E-state index in [1.165, 1.54) is 27.8 Å². The van der Waals surface area contributed by atoms with Crippen molar-refractivity contribution in [3.05, 3.63) is 45.3 Å². The molecule has 10 heteroatoms. The van der Waals surface area contributed by atoms with Crippen molar-refractivity contribution in [3.63, 3.8) is 0 Å². The number of sulfonamides is 1. The third kappa shape index (κ3) is 5.32. The molecule has 0 bridgehead atoms.